The molecule has 0 atom stereocenters. The van der Waals surface area contributed by atoms with Gasteiger partial charge in [-0.25, -0.2) is 8.42 Å². The van der Waals surface area contributed by atoms with Gasteiger partial charge in [-0.2, -0.15) is 4.31 Å². The molecule has 1 aromatic heterocycles. The van der Waals surface area contributed by atoms with E-state index in [1.54, 1.807) is 19.4 Å². The molecule has 0 aromatic carbocycles. The SMILES string of the molecule is CCNc1ccncc1S(=O)(=O)N(CCOC)CC(C)C. The van der Waals surface area contributed by atoms with Crippen molar-refractivity contribution in [2.45, 2.75) is 25.7 Å². The van der Waals surface area contributed by atoms with E-state index in [9.17, 15) is 8.42 Å². The number of hydrogen-bond donors (Lipinski definition) is 1. The maximum Gasteiger partial charge on any atom is 0.246 e. The molecule has 0 amide bonds. The smallest absolute Gasteiger partial charge is 0.246 e. The first-order valence-electron chi connectivity index (χ1n) is 7.10. The minimum Gasteiger partial charge on any atom is -0.384 e. The number of ether oxygens (including phenoxy) is 1. The molecule has 0 fully saturated rings. The summed E-state index contributed by atoms with van der Waals surface area (Å²) >= 11 is 0. The van der Waals surface area contributed by atoms with Crippen molar-refractivity contribution in [1.82, 2.24) is 9.29 Å². The van der Waals surface area contributed by atoms with Gasteiger partial charge in [0.05, 0.1) is 12.3 Å². The molecule has 0 unspecified atom stereocenters. The van der Waals surface area contributed by atoms with Crippen LogP contribution < -0.4 is 5.32 Å². The van der Waals surface area contributed by atoms with Gasteiger partial charge in [0.25, 0.3) is 0 Å². The number of sulfonamides is 1. The lowest BCUT2D eigenvalue weighted by atomic mass is 10.2. The highest BCUT2D eigenvalue weighted by atomic mass is 32.2. The molecule has 0 aliphatic carbocycles. The second kappa shape index (κ2) is 8.31. The highest BCUT2D eigenvalue weighted by Crippen LogP contribution is 2.24. The Bertz CT molecular complexity index is 532. The number of pyridine rings is 1. The molecule has 21 heavy (non-hydrogen) atoms. The molecule has 1 N–H and O–H groups in total. The Kier molecular flexibility index (Phi) is 7.07. The Hall–Kier alpha value is -1.18. The third kappa shape index (κ3) is 4.94. The second-order valence-corrected chi connectivity index (χ2v) is 7.06. The molecule has 1 rings (SSSR count). The summed E-state index contributed by atoms with van der Waals surface area (Å²) in [4.78, 5) is 4.17. The second-order valence-electron chi connectivity index (χ2n) is 5.15. The highest BCUT2D eigenvalue weighted by molar-refractivity contribution is 7.89. The Morgan fingerprint density at radius 1 is 1.43 bits per heavy atom. The number of anilines is 1. The van der Waals surface area contributed by atoms with Crippen LogP contribution in [0.15, 0.2) is 23.4 Å². The van der Waals surface area contributed by atoms with Crippen LogP contribution in [0.4, 0.5) is 5.69 Å². The Morgan fingerprint density at radius 3 is 2.71 bits per heavy atom. The van der Waals surface area contributed by atoms with Gasteiger partial charge in [0.15, 0.2) is 0 Å². The number of methoxy groups -OCH3 is 1. The van der Waals surface area contributed by atoms with Crippen molar-refractivity contribution in [2.75, 3.05) is 38.7 Å². The summed E-state index contributed by atoms with van der Waals surface area (Å²) in [5, 5.41) is 3.07. The van der Waals surface area contributed by atoms with Crippen LogP contribution >= 0.6 is 0 Å². The number of rotatable bonds is 9. The van der Waals surface area contributed by atoms with Gasteiger partial charge in [0.1, 0.15) is 4.90 Å². The van der Waals surface area contributed by atoms with Crippen LogP contribution in [0.5, 0.6) is 0 Å². The predicted molar refractivity (Wildman–Crippen MR) is 83.9 cm³/mol. The summed E-state index contributed by atoms with van der Waals surface area (Å²) in [6, 6.07) is 1.68. The van der Waals surface area contributed by atoms with Crippen molar-refractivity contribution in [3.63, 3.8) is 0 Å². The third-order valence-electron chi connectivity index (χ3n) is 2.88. The fourth-order valence-electron chi connectivity index (χ4n) is 1.97. The molecule has 0 spiro atoms. The van der Waals surface area contributed by atoms with E-state index >= 15 is 0 Å². The zero-order valence-electron chi connectivity index (χ0n) is 13.2. The van der Waals surface area contributed by atoms with Gasteiger partial charge >= 0.3 is 0 Å². The number of hydrogen-bond acceptors (Lipinski definition) is 5. The number of nitrogens with one attached hydrogen (secondary N) is 1. The van der Waals surface area contributed by atoms with Crippen LogP contribution in [-0.4, -0.2) is 51.1 Å². The van der Waals surface area contributed by atoms with E-state index in [4.69, 9.17) is 4.74 Å². The van der Waals surface area contributed by atoms with Gasteiger partial charge in [-0.3, -0.25) is 4.98 Å². The fourth-order valence-corrected chi connectivity index (χ4v) is 3.67. The van der Waals surface area contributed by atoms with E-state index < -0.39 is 10.0 Å². The molecular formula is C14H25N3O3S. The van der Waals surface area contributed by atoms with Gasteiger partial charge in [-0.1, -0.05) is 13.8 Å². The van der Waals surface area contributed by atoms with Gasteiger partial charge in [-0.05, 0) is 18.9 Å². The zero-order chi connectivity index (χ0) is 15.9. The Morgan fingerprint density at radius 2 is 2.14 bits per heavy atom. The lowest BCUT2D eigenvalue weighted by Gasteiger charge is -2.24. The van der Waals surface area contributed by atoms with E-state index in [0.29, 0.717) is 31.9 Å². The van der Waals surface area contributed by atoms with Crippen LogP contribution in [0.2, 0.25) is 0 Å². The van der Waals surface area contributed by atoms with Crippen molar-refractivity contribution in [3.05, 3.63) is 18.5 Å². The molecule has 6 nitrogen and oxygen atoms in total. The lowest BCUT2D eigenvalue weighted by Crippen LogP contribution is -2.37. The monoisotopic (exact) mass is 315 g/mol. The lowest BCUT2D eigenvalue weighted by molar-refractivity contribution is 0.175. The van der Waals surface area contributed by atoms with E-state index in [-0.39, 0.29) is 10.8 Å². The molecule has 0 bridgehead atoms. The van der Waals surface area contributed by atoms with Crippen LogP contribution in [0.25, 0.3) is 0 Å². The molecule has 0 saturated heterocycles. The Labute approximate surface area is 127 Å². The molecule has 0 saturated carbocycles. The van der Waals surface area contributed by atoms with Crippen LogP contribution in [0, 0.1) is 5.92 Å². The largest absolute Gasteiger partial charge is 0.384 e. The molecule has 1 aromatic rings. The van der Waals surface area contributed by atoms with Crippen LogP contribution in [0.1, 0.15) is 20.8 Å². The summed E-state index contributed by atoms with van der Waals surface area (Å²) in [7, 11) is -2.03. The van der Waals surface area contributed by atoms with Gasteiger partial charge < -0.3 is 10.1 Å². The van der Waals surface area contributed by atoms with E-state index in [2.05, 4.69) is 10.3 Å². The molecule has 1 heterocycles. The zero-order valence-corrected chi connectivity index (χ0v) is 14.0. The normalized spacial score (nSPS) is 12.1. The molecule has 0 radical (unpaired) electrons. The molecule has 0 aliphatic rings. The minimum absolute atomic E-state index is 0.212. The summed E-state index contributed by atoms with van der Waals surface area (Å²) in [6.45, 7) is 7.70. The van der Waals surface area contributed by atoms with Gasteiger partial charge in [0, 0.05) is 39.1 Å². The van der Waals surface area contributed by atoms with Crippen molar-refractivity contribution in [1.29, 1.82) is 0 Å². The van der Waals surface area contributed by atoms with E-state index in [0.717, 1.165) is 0 Å². The third-order valence-corrected chi connectivity index (χ3v) is 4.78. The van der Waals surface area contributed by atoms with Crippen LogP contribution in [0.3, 0.4) is 0 Å². The van der Waals surface area contributed by atoms with Crippen LogP contribution in [-0.2, 0) is 14.8 Å². The first-order valence-corrected chi connectivity index (χ1v) is 8.54. The van der Waals surface area contributed by atoms with Crippen molar-refractivity contribution >= 4 is 15.7 Å². The first kappa shape index (κ1) is 17.9. The quantitative estimate of drug-likeness (QED) is 0.752. The summed E-state index contributed by atoms with van der Waals surface area (Å²) in [5.41, 5.74) is 0.582. The van der Waals surface area contributed by atoms with E-state index in [1.165, 1.54) is 10.5 Å². The maximum absolute atomic E-state index is 12.9. The molecule has 0 aliphatic heterocycles. The van der Waals surface area contributed by atoms with Crippen molar-refractivity contribution in [2.24, 2.45) is 5.92 Å². The first-order chi connectivity index (χ1) is 9.93. The van der Waals surface area contributed by atoms with Gasteiger partial charge in [-0.15, -0.1) is 0 Å². The summed E-state index contributed by atoms with van der Waals surface area (Å²) in [6.07, 6.45) is 2.98. The topological polar surface area (TPSA) is 71.5 Å². The summed E-state index contributed by atoms with van der Waals surface area (Å²) < 4.78 is 32.2. The average Bonchev–Trinajstić information content (AvgIpc) is 2.43. The minimum atomic E-state index is -3.59. The summed E-state index contributed by atoms with van der Waals surface area (Å²) in [5.74, 6) is 0.232. The predicted octanol–water partition coefficient (Wildman–Crippen LogP) is 1.81. The number of nitrogens with zero attached hydrogens (tertiary/aromatic N) is 2. The number of aromatic nitrogens is 1. The van der Waals surface area contributed by atoms with Gasteiger partial charge in [0.2, 0.25) is 10.0 Å². The van der Waals surface area contributed by atoms with Crippen molar-refractivity contribution in [3.8, 4) is 0 Å². The highest BCUT2D eigenvalue weighted by Gasteiger charge is 2.27. The van der Waals surface area contributed by atoms with Crippen molar-refractivity contribution < 1.29 is 13.2 Å². The van der Waals surface area contributed by atoms with E-state index in [1.807, 2.05) is 20.8 Å². The molecular weight excluding hydrogens is 290 g/mol. The molecule has 120 valence electrons. The molecule has 7 heteroatoms. The maximum atomic E-state index is 12.9. The Balaban J connectivity index is 3.15. The fraction of sp³-hybridized carbons (Fsp3) is 0.643. The average molecular weight is 315 g/mol. The standard InChI is InChI=1S/C14H25N3O3S/c1-5-16-13-6-7-15-10-14(13)21(18,19)17(8-9-20-4)11-12(2)3/h6-7,10,12H,5,8-9,11H2,1-4H3,(H,15,16).